The van der Waals surface area contributed by atoms with E-state index in [1.165, 1.54) is 25.8 Å². The van der Waals surface area contributed by atoms with E-state index in [0.717, 1.165) is 25.6 Å². The number of nitrogens with zero attached hydrogens (tertiary/aromatic N) is 1. The molecule has 0 saturated carbocycles. The van der Waals surface area contributed by atoms with Crippen molar-refractivity contribution in [2.75, 3.05) is 26.2 Å². The van der Waals surface area contributed by atoms with Gasteiger partial charge in [0, 0.05) is 19.6 Å². The average molecular weight is 226 g/mol. The number of likely N-dealkylation sites (tertiary alicyclic amines) is 1. The van der Waals surface area contributed by atoms with E-state index in [2.05, 4.69) is 18.7 Å². The smallest absolute Gasteiger partial charge is 0.0707 e. The molecule has 0 aromatic rings. The first kappa shape index (κ1) is 12.3. The van der Waals surface area contributed by atoms with Gasteiger partial charge < -0.3 is 10.5 Å². The molecule has 3 unspecified atom stereocenters. The highest BCUT2D eigenvalue weighted by Gasteiger charge is 2.34. The second-order valence-corrected chi connectivity index (χ2v) is 5.91. The molecule has 2 heterocycles. The van der Waals surface area contributed by atoms with Crippen LogP contribution in [0.25, 0.3) is 0 Å². The van der Waals surface area contributed by atoms with Crippen LogP contribution in [0.1, 0.15) is 33.1 Å². The topological polar surface area (TPSA) is 38.5 Å². The summed E-state index contributed by atoms with van der Waals surface area (Å²) in [6.45, 7) is 8.82. The zero-order valence-electron chi connectivity index (χ0n) is 10.7. The lowest BCUT2D eigenvalue weighted by atomic mass is 9.96. The standard InChI is InChI=1S/C13H26N2O/c1-10(2)5-11(6-14)7-15-8-12-3-4-13(9-15)16-12/h10-13H,3-9,14H2,1-2H3. The fourth-order valence-corrected chi connectivity index (χ4v) is 3.13. The molecule has 2 aliphatic heterocycles. The molecule has 2 bridgehead atoms. The molecule has 0 spiro atoms. The third-order valence-corrected chi connectivity index (χ3v) is 3.77. The van der Waals surface area contributed by atoms with Gasteiger partial charge in [0.15, 0.2) is 0 Å². The lowest BCUT2D eigenvalue weighted by molar-refractivity contribution is -0.0428. The first-order chi connectivity index (χ1) is 7.67. The Morgan fingerprint density at radius 2 is 1.88 bits per heavy atom. The van der Waals surface area contributed by atoms with Gasteiger partial charge in [-0.1, -0.05) is 13.8 Å². The summed E-state index contributed by atoms with van der Waals surface area (Å²) in [5, 5.41) is 0. The molecular formula is C13H26N2O. The van der Waals surface area contributed by atoms with Crippen molar-refractivity contribution >= 4 is 0 Å². The SMILES string of the molecule is CC(C)CC(CN)CN1CC2CCC(C1)O2. The Morgan fingerprint density at radius 1 is 1.25 bits per heavy atom. The largest absolute Gasteiger partial charge is 0.372 e. The molecule has 3 nitrogen and oxygen atoms in total. The summed E-state index contributed by atoms with van der Waals surface area (Å²) in [7, 11) is 0. The number of hydrogen-bond donors (Lipinski definition) is 1. The number of morpholine rings is 1. The maximum atomic E-state index is 5.87. The highest BCUT2D eigenvalue weighted by atomic mass is 16.5. The Morgan fingerprint density at radius 3 is 2.38 bits per heavy atom. The average Bonchev–Trinajstić information content (AvgIpc) is 2.56. The number of nitrogens with two attached hydrogens (primary N) is 1. The summed E-state index contributed by atoms with van der Waals surface area (Å²) in [5.74, 6) is 1.42. The fraction of sp³-hybridized carbons (Fsp3) is 1.00. The van der Waals surface area contributed by atoms with E-state index in [1.807, 2.05) is 0 Å². The molecule has 94 valence electrons. The van der Waals surface area contributed by atoms with E-state index in [0.29, 0.717) is 18.1 Å². The van der Waals surface area contributed by atoms with E-state index in [1.54, 1.807) is 0 Å². The Bertz CT molecular complexity index is 208. The first-order valence-corrected chi connectivity index (χ1v) is 6.75. The molecule has 0 aromatic heterocycles. The number of ether oxygens (including phenoxy) is 1. The van der Waals surface area contributed by atoms with Crippen LogP contribution in [-0.2, 0) is 4.74 Å². The highest BCUT2D eigenvalue weighted by molar-refractivity contribution is 4.85. The van der Waals surface area contributed by atoms with Crippen LogP contribution in [0, 0.1) is 11.8 Å². The Kier molecular flexibility index (Phi) is 4.22. The van der Waals surface area contributed by atoms with Crippen molar-refractivity contribution in [3.8, 4) is 0 Å². The van der Waals surface area contributed by atoms with Crippen molar-refractivity contribution in [2.24, 2.45) is 17.6 Å². The summed E-state index contributed by atoms with van der Waals surface area (Å²) in [5.41, 5.74) is 5.87. The maximum Gasteiger partial charge on any atom is 0.0707 e. The van der Waals surface area contributed by atoms with E-state index >= 15 is 0 Å². The molecule has 0 aromatic carbocycles. The molecule has 2 saturated heterocycles. The summed E-state index contributed by atoms with van der Waals surface area (Å²) in [4.78, 5) is 2.58. The highest BCUT2D eigenvalue weighted by Crippen LogP contribution is 2.27. The first-order valence-electron chi connectivity index (χ1n) is 6.75. The van der Waals surface area contributed by atoms with Crippen molar-refractivity contribution in [1.29, 1.82) is 0 Å². The molecule has 2 N–H and O–H groups in total. The quantitative estimate of drug-likeness (QED) is 0.771. The van der Waals surface area contributed by atoms with Gasteiger partial charge in [0.2, 0.25) is 0 Å². The van der Waals surface area contributed by atoms with Crippen LogP contribution in [0.5, 0.6) is 0 Å². The summed E-state index contributed by atoms with van der Waals surface area (Å²) in [6, 6.07) is 0. The molecule has 2 fully saturated rings. The third kappa shape index (κ3) is 3.19. The second-order valence-electron chi connectivity index (χ2n) is 5.91. The summed E-state index contributed by atoms with van der Waals surface area (Å²) in [6.07, 6.45) is 4.80. The number of rotatable bonds is 5. The van der Waals surface area contributed by atoms with E-state index in [-0.39, 0.29) is 0 Å². The van der Waals surface area contributed by atoms with Gasteiger partial charge in [-0.3, -0.25) is 4.90 Å². The number of fused-ring (bicyclic) bond motifs is 2. The van der Waals surface area contributed by atoms with Gasteiger partial charge in [0.05, 0.1) is 12.2 Å². The van der Waals surface area contributed by atoms with Crippen molar-refractivity contribution in [3.63, 3.8) is 0 Å². The van der Waals surface area contributed by atoms with Crippen LogP contribution in [0.15, 0.2) is 0 Å². The molecule has 2 rings (SSSR count). The van der Waals surface area contributed by atoms with Crippen LogP contribution in [-0.4, -0.2) is 43.3 Å². The minimum Gasteiger partial charge on any atom is -0.372 e. The van der Waals surface area contributed by atoms with Gasteiger partial charge in [-0.15, -0.1) is 0 Å². The van der Waals surface area contributed by atoms with E-state index in [4.69, 9.17) is 10.5 Å². The third-order valence-electron chi connectivity index (χ3n) is 3.77. The molecule has 0 amide bonds. The fourth-order valence-electron chi connectivity index (χ4n) is 3.13. The molecule has 0 radical (unpaired) electrons. The molecular weight excluding hydrogens is 200 g/mol. The maximum absolute atomic E-state index is 5.87. The summed E-state index contributed by atoms with van der Waals surface area (Å²) < 4.78 is 5.85. The Balaban J connectivity index is 1.79. The van der Waals surface area contributed by atoms with E-state index < -0.39 is 0 Å². The minimum absolute atomic E-state index is 0.510. The molecule has 2 aliphatic rings. The lowest BCUT2D eigenvalue weighted by Gasteiger charge is -2.34. The van der Waals surface area contributed by atoms with Crippen molar-refractivity contribution < 1.29 is 4.74 Å². The van der Waals surface area contributed by atoms with Crippen LogP contribution < -0.4 is 5.73 Å². The zero-order valence-corrected chi connectivity index (χ0v) is 10.7. The lowest BCUT2D eigenvalue weighted by Crippen LogP contribution is -2.45. The van der Waals surface area contributed by atoms with Gasteiger partial charge in [0.1, 0.15) is 0 Å². The van der Waals surface area contributed by atoms with Gasteiger partial charge in [-0.05, 0) is 37.6 Å². The van der Waals surface area contributed by atoms with Gasteiger partial charge >= 0.3 is 0 Å². The van der Waals surface area contributed by atoms with Gasteiger partial charge in [-0.2, -0.15) is 0 Å². The normalized spacial score (nSPS) is 32.2. The van der Waals surface area contributed by atoms with Crippen LogP contribution >= 0.6 is 0 Å². The van der Waals surface area contributed by atoms with Gasteiger partial charge in [0.25, 0.3) is 0 Å². The van der Waals surface area contributed by atoms with E-state index in [9.17, 15) is 0 Å². The van der Waals surface area contributed by atoms with Gasteiger partial charge in [-0.25, -0.2) is 0 Å². The minimum atomic E-state index is 0.510. The molecule has 0 aliphatic carbocycles. The molecule has 3 atom stereocenters. The monoisotopic (exact) mass is 226 g/mol. The molecule has 3 heteroatoms. The predicted molar refractivity (Wildman–Crippen MR) is 66.3 cm³/mol. The molecule has 16 heavy (non-hydrogen) atoms. The number of hydrogen-bond acceptors (Lipinski definition) is 3. The Hall–Kier alpha value is -0.120. The van der Waals surface area contributed by atoms with Crippen molar-refractivity contribution in [3.05, 3.63) is 0 Å². The van der Waals surface area contributed by atoms with Crippen LogP contribution in [0.3, 0.4) is 0 Å². The van der Waals surface area contributed by atoms with Crippen molar-refractivity contribution in [2.45, 2.75) is 45.3 Å². The van der Waals surface area contributed by atoms with Crippen LogP contribution in [0.2, 0.25) is 0 Å². The second kappa shape index (κ2) is 5.48. The Labute approximate surface area is 99.3 Å². The van der Waals surface area contributed by atoms with Crippen molar-refractivity contribution in [1.82, 2.24) is 4.90 Å². The van der Waals surface area contributed by atoms with Crippen LogP contribution in [0.4, 0.5) is 0 Å². The predicted octanol–water partition coefficient (Wildman–Crippen LogP) is 1.47. The zero-order chi connectivity index (χ0) is 11.5. The summed E-state index contributed by atoms with van der Waals surface area (Å²) >= 11 is 0.